The van der Waals surface area contributed by atoms with Gasteiger partial charge in [-0.2, -0.15) is 5.10 Å². The third kappa shape index (κ3) is 3.88. The molecule has 0 bridgehead atoms. The molecular weight excluding hydrogens is 476 g/mol. The largest absolute Gasteiger partial charge is 0.335 e. The van der Waals surface area contributed by atoms with Gasteiger partial charge in [-0.05, 0) is 49.6 Å². The Hall–Kier alpha value is -4.92. The summed E-state index contributed by atoms with van der Waals surface area (Å²) in [6.45, 7) is 2.08. The Labute approximate surface area is 217 Å². The van der Waals surface area contributed by atoms with Crippen molar-refractivity contribution in [2.45, 2.75) is 26.2 Å². The van der Waals surface area contributed by atoms with Crippen LogP contribution in [0.1, 0.15) is 24.8 Å². The van der Waals surface area contributed by atoms with Gasteiger partial charge in [-0.15, -0.1) is 0 Å². The molecule has 5 aromatic heterocycles. The minimum absolute atomic E-state index is 0.0549. The zero-order valence-corrected chi connectivity index (χ0v) is 20.7. The van der Waals surface area contributed by atoms with Gasteiger partial charge in [-0.25, -0.2) is 15.0 Å². The molecule has 0 spiro atoms. The van der Waals surface area contributed by atoms with E-state index in [1.807, 2.05) is 30.3 Å². The van der Waals surface area contributed by atoms with Crippen LogP contribution >= 0.6 is 0 Å². The van der Waals surface area contributed by atoms with Crippen LogP contribution in [-0.4, -0.2) is 41.0 Å². The Bertz CT molecular complexity index is 1830. The molecule has 186 valence electrons. The highest BCUT2D eigenvalue weighted by Gasteiger charge is 2.25. The van der Waals surface area contributed by atoms with Gasteiger partial charge in [0.1, 0.15) is 5.52 Å². The number of imidazole rings is 1. The van der Waals surface area contributed by atoms with Gasteiger partial charge in [-0.3, -0.25) is 14.9 Å². The molecule has 1 fully saturated rings. The summed E-state index contributed by atoms with van der Waals surface area (Å²) in [5.41, 5.74) is 9.04. The Morgan fingerprint density at radius 3 is 2.79 bits per heavy atom. The normalized spacial score (nSPS) is 13.6. The van der Waals surface area contributed by atoms with Gasteiger partial charge in [0.2, 0.25) is 5.91 Å². The van der Waals surface area contributed by atoms with Gasteiger partial charge < -0.3 is 10.3 Å². The minimum Gasteiger partial charge on any atom is -0.335 e. The number of pyridine rings is 3. The molecule has 9 heteroatoms. The smallest absolute Gasteiger partial charge is 0.227 e. The van der Waals surface area contributed by atoms with Gasteiger partial charge in [0.15, 0.2) is 17.2 Å². The zero-order chi connectivity index (χ0) is 25.6. The molecule has 1 aliphatic rings. The zero-order valence-electron chi connectivity index (χ0n) is 20.7. The Morgan fingerprint density at radius 2 is 1.95 bits per heavy atom. The molecule has 0 atom stereocenters. The summed E-state index contributed by atoms with van der Waals surface area (Å²) >= 11 is 0. The van der Waals surface area contributed by atoms with Crippen LogP contribution in [0.5, 0.6) is 0 Å². The van der Waals surface area contributed by atoms with Crippen LogP contribution in [0.15, 0.2) is 67.1 Å². The van der Waals surface area contributed by atoms with E-state index in [-0.39, 0.29) is 11.8 Å². The first-order valence-electron chi connectivity index (χ1n) is 12.7. The number of carbonyl (C=O) groups is 1. The van der Waals surface area contributed by atoms with E-state index in [9.17, 15) is 4.79 Å². The lowest BCUT2D eigenvalue weighted by molar-refractivity contribution is -0.122. The Balaban J connectivity index is 1.26. The monoisotopic (exact) mass is 500 g/mol. The summed E-state index contributed by atoms with van der Waals surface area (Å²) in [5.74, 6) is 0.744. The number of benzene rings is 1. The SMILES string of the molecule is Cc1cccc(-c2ccnc3nc(-c4n[nH]c5ccc(-c6cncc(NC(=O)C7CCC7)c6)nc45)[nH]c23)c1. The van der Waals surface area contributed by atoms with Crippen molar-refractivity contribution < 1.29 is 4.79 Å². The predicted molar refractivity (Wildman–Crippen MR) is 146 cm³/mol. The highest BCUT2D eigenvalue weighted by molar-refractivity contribution is 5.96. The fourth-order valence-electron chi connectivity index (χ4n) is 4.86. The summed E-state index contributed by atoms with van der Waals surface area (Å²) in [5, 5.41) is 10.6. The van der Waals surface area contributed by atoms with Crippen LogP contribution < -0.4 is 5.32 Å². The standard InChI is InChI=1S/C29H24N8O/c1-16-4-2-7-18(12-16)21-10-11-31-27-24(21)34-28(35-27)26-25-23(36-37-26)9-8-22(33-25)19-13-20(15-30-14-19)32-29(38)17-5-3-6-17/h2,4,7-15,17H,3,5-6H2,1H3,(H,32,38)(H,36,37)(H,31,34,35). The fraction of sp³-hybridized carbons (Fsp3) is 0.172. The Morgan fingerprint density at radius 1 is 1.03 bits per heavy atom. The van der Waals surface area contributed by atoms with Crippen molar-refractivity contribution in [1.82, 2.24) is 35.1 Å². The number of hydrogen-bond donors (Lipinski definition) is 3. The first-order valence-corrected chi connectivity index (χ1v) is 12.7. The Kier molecular flexibility index (Phi) is 5.21. The third-order valence-electron chi connectivity index (χ3n) is 7.13. The third-order valence-corrected chi connectivity index (χ3v) is 7.13. The second kappa shape index (κ2) is 8.88. The van der Waals surface area contributed by atoms with Crippen molar-refractivity contribution in [3.63, 3.8) is 0 Å². The molecule has 5 heterocycles. The molecule has 1 aliphatic carbocycles. The fourth-order valence-corrected chi connectivity index (χ4v) is 4.86. The molecule has 3 N–H and O–H groups in total. The highest BCUT2D eigenvalue weighted by atomic mass is 16.1. The number of rotatable bonds is 5. The van der Waals surface area contributed by atoms with Gasteiger partial charge in [0, 0.05) is 29.4 Å². The van der Waals surface area contributed by atoms with Crippen molar-refractivity contribution in [3.8, 4) is 33.9 Å². The molecule has 1 aromatic carbocycles. The lowest BCUT2D eigenvalue weighted by atomic mass is 9.85. The second-order valence-corrected chi connectivity index (χ2v) is 9.76. The summed E-state index contributed by atoms with van der Waals surface area (Å²) in [7, 11) is 0. The topological polar surface area (TPSA) is 125 Å². The number of fused-ring (bicyclic) bond motifs is 2. The molecule has 6 aromatic rings. The molecule has 0 radical (unpaired) electrons. The number of aromatic nitrogens is 7. The molecule has 7 rings (SSSR count). The van der Waals surface area contributed by atoms with E-state index in [1.165, 1.54) is 5.56 Å². The van der Waals surface area contributed by atoms with E-state index in [0.29, 0.717) is 28.4 Å². The van der Waals surface area contributed by atoms with Gasteiger partial charge in [0.05, 0.1) is 28.6 Å². The molecule has 0 aliphatic heterocycles. The van der Waals surface area contributed by atoms with Gasteiger partial charge in [0.25, 0.3) is 0 Å². The van der Waals surface area contributed by atoms with Crippen LogP contribution in [0, 0.1) is 12.8 Å². The number of aromatic amines is 2. The van der Waals surface area contributed by atoms with Gasteiger partial charge >= 0.3 is 0 Å². The number of amides is 1. The summed E-state index contributed by atoms with van der Waals surface area (Å²) in [4.78, 5) is 34.3. The molecule has 38 heavy (non-hydrogen) atoms. The number of nitrogens with zero attached hydrogens (tertiary/aromatic N) is 5. The van der Waals surface area contributed by atoms with Crippen molar-refractivity contribution >= 4 is 33.8 Å². The quantitative estimate of drug-likeness (QED) is 0.280. The summed E-state index contributed by atoms with van der Waals surface area (Å²) in [6, 6.07) is 16.1. The maximum atomic E-state index is 12.4. The summed E-state index contributed by atoms with van der Waals surface area (Å²) < 4.78 is 0. The first-order chi connectivity index (χ1) is 18.6. The lowest BCUT2D eigenvalue weighted by Gasteiger charge is -2.24. The maximum Gasteiger partial charge on any atom is 0.227 e. The van der Waals surface area contributed by atoms with Crippen molar-refractivity contribution in [1.29, 1.82) is 0 Å². The molecule has 0 unspecified atom stereocenters. The number of H-pyrrole nitrogens is 2. The predicted octanol–water partition coefficient (Wildman–Crippen LogP) is 5.67. The van der Waals surface area contributed by atoms with Crippen LogP contribution in [0.3, 0.4) is 0 Å². The van der Waals surface area contributed by atoms with E-state index < -0.39 is 0 Å². The molecule has 0 saturated heterocycles. The van der Waals surface area contributed by atoms with E-state index in [4.69, 9.17) is 9.97 Å². The van der Waals surface area contributed by atoms with Crippen molar-refractivity contribution in [2.24, 2.45) is 5.92 Å². The first kappa shape index (κ1) is 22.3. The molecule has 1 saturated carbocycles. The summed E-state index contributed by atoms with van der Waals surface area (Å²) in [6.07, 6.45) is 8.19. The van der Waals surface area contributed by atoms with Crippen molar-refractivity contribution in [3.05, 3.63) is 72.7 Å². The average molecular weight is 501 g/mol. The number of aryl methyl sites for hydroxylation is 1. The van der Waals surface area contributed by atoms with E-state index in [0.717, 1.165) is 52.7 Å². The maximum absolute atomic E-state index is 12.4. The highest BCUT2D eigenvalue weighted by Crippen LogP contribution is 2.32. The molecule has 1 amide bonds. The van der Waals surface area contributed by atoms with Crippen LogP contribution in [0.4, 0.5) is 5.69 Å². The van der Waals surface area contributed by atoms with E-state index >= 15 is 0 Å². The lowest BCUT2D eigenvalue weighted by Crippen LogP contribution is -2.28. The number of carbonyl (C=O) groups excluding carboxylic acids is 1. The molecule has 9 nitrogen and oxygen atoms in total. The van der Waals surface area contributed by atoms with E-state index in [1.54, 1.807) is 18.6 Å². The minimum atomic E-state index is 0.0549. The second-order valence-electron chi connectivity index (χ2n) is 9.76. The molecular formula is C29H24N8O. The number of nitrogens with one attached hydrogen (secondary N) is 3. The van der Waals surface area contributed by atoms with Crippen LogP contribution in [-0.2, 0) is 4.79 Å². The average Bonchev–Trinajstić information content (AvgIpc) is 3.51. The van der Waals surface area contributed by atoms with Crippen molar-refractivity contribution in [2.75, 3.05) is 5.32 Å². The van der Waals surface area contributed by atoms with Crippen LogP contribution in [0.25, 0.3) is 56.1 Å². The van der Waals surface area contributed by atoms with Crippen LogP contribution in [0.2, 0.25) is 0 Å². The number of hydrogen-bond acceptors (Lipinski definition) is 6. The van der Waals surface area contributed by atoms with Gasteiger partial charge in [-0.1, -0.05) is 36.2 Å². The number of anilines is 1. The van der Waals surface area contributed by atoms with E-state index in [2.05, 4.69) is 55.6 Å².